The molecule has 1 N–H and O–H groups in total. The quantitative estimate of drug-likeness (QED) is 0.498. The molecule has 1 aromatic carbocycles. The Morgan fingerprint density at radius 3 is 2.47 bits per heavy atom. The Bertz CT molecular complexity index is 1290. The molecule has 1 aliphatic heterocycles. The lowest BCUT2D eigenvalue weighted by molar-refractivity contribution is 0.00692. The summed E-state index contributed by atoms with van der Waals surface area (Å²) in [6, 6.07) is 11.0. The van der Waals surface area contributed by atoms with Crippen LogP contribution in [0, 0.1) is 23.2 Å². The molecule has 3 aromatic rings. The third kappa shape index (κ3) is 4.44. The number of nitrogens with zero attached hydrogens (tertiary/aromatic N) is 4. The second-order valence-electron chi connectivity index (χ2n) is 9.26. The summed E-state index contributed by atoms with van der Waals surface area (Å²) >= 11 is 0. The van der Waals surface area contributed by atoms with Crippen molar-refractivity contribution in [3.8, 4) is 17.9 Å². The highest BCUT2D eigenvalue weighted by atomic mass is 16.6. The van der Waals surface area contributed by atoms with E-state index in [0.29, 0.717) is 35.3 Å². The van der Waals surface area contributed by atoms with Crippen LogP contribution in [0.4, 0.5) is 5.69 Å². The maximum atomic E-state index is 12.2. The zero-order valence-corrected chi connectivity index (χ0v) is 18.5. The Balaban J connectivity index is 1.65. The summed E-state index contributed by atoms with van der Waals surface area (Å²) in [5.74, 6) is 5.88. The lowest BCUT2D eigenvalue weighted by Crippen LogP contribution is -2.60. The van der Waals surface area contributed by atoms with Gasteiger partial charge in [0.15, 0.2) is 0 Å². The van der Waals surface area contributed by atoms with Crippen LogP contribution in [0.15, 0.2) is 42.7 Å². The van der Waals surface area contributed by atoms with E-state index in [1.165, 1.54) is 6.20 Å². The smallest absolute Gasteiger partial charge is 0.338 e. The van der Waals surface area contributed by atoms with Gasteiger partial charge in [0.05, 0.1) is 45.9 Å². The van der Waals surface area contributed by atoms with Crippen molar-refractivity contribution in [1.29, 1.82) is 5.26 Å². The van der Waals surface area contributed by atoms with Gasteiger partial charge in [-0.05, 0) is 58.0 Å². The number of rotatable bonds is 2. The van der Waals surface area contributed by atoms with Gasteiger partial charge in [0.1, 0.15) is 11.7 Å². The lowest BCUT2D eigenvalue weighted by Gasteiger charge is -2.45. The first-order chi connectivity index (χ1) is 15.0. The van der Waals surface area contributed by atoms with E-state index in [0.717, 1.165) is 11.3 Å². The fourth-order valence-electron chi connectivity index (χ4n) is 3.58. The van der Waals surface area contributed by atoms with Gasteiger partial charge in [0.2, 0.25) is 0 Å². The van der Waals surface area contributed by atoms with Crippen LogP contribution in [0.1, 0.15) is 54.7 Å². The highest BCUT2D eigenvalue weighted by molar-refractivity contribution is 5.89. The van der Waals surface area contributed by atoms with E-state index < -0.39 is 11.2 Å². The molecule has 1 saturated heterocycles. The molecular weight excluding hydrogens is 404 g/mol. The van der Waals surface area contributed by atoms with Crippen LogP contribution in [0.5, 0.6) is 0 Å². The van der Waals surface area contributed by atoms with Crippen LogP contribution in [-0.4, -0.2) is 45.0 Å². The van der Waals surface area contributed by atoms with Crippen LogP contribution < -0.4 is 4.90 Å². The van der Waals surface area contributed by atoms with Gasteiger partial charge in [0.25, 0.3) is 0 Å². The topological polar surface area (TPSA) is 90.9 Å². The molecule has 4 rings (SSSR count). The third-order valence-corrected chi connectivity index (χ3v) is 5.01. The summed E-state index contributed by atoms with van der Waals surface area (Å²) in [7, 11) is 0. The van der Waals surface area contributed by atoms with Crippen molar-refractivity contribution in [2.75, 3.05) is 18.0 Å². The van der Waals surface area contributed by atoms with Crippen molar-refractivity contribution in [1.82, 2.24) is 9.61 Å². The number of benzene rings is 1. The molecule has 0 aliphatic carbocycles. The monoisotopic (exact) mass is 428 g/mol. The van der Waals surface area contributed by atoms with Gasteiger partial charge in [0, 0.05) is 18.7 Å². The molecule has 7 heteroatoms. The van der Waals surface area contributed by atoms with E-state index in [2.05, 4.69) is 23.0 Å². The normalized spacial score (nSPS) is 14.8. The van der Waals surface area contributed by atoms with Crippen molar-refractivity contribution in [3.63, 3.8) is 0 Å². The fourth-order valence-corrected chi connectivity index (χ4v) is 3.58. The molecule has 32 heavy (non-hydrogen) atoms. The first-order valence-electron chi connectivity index (χ1n) is 10.3. The Morgan fingerprint density at radius 1 is 1.19 bits per heavy atom. The lowest BCUT2D eigenvalue weighted by atomic mass is 9.96. The number of nitriles is 1. The number of aromatic nitrogens is 2. The number of ether oxygens (including phenoxy) is 1. The molecule has 162 valence electrons. The van der Waals surface area contributed by atoms with Gasteiger partial charge in [-0.2, -0.15) is 10.4 Å². The van der Waals surface area contributed by atoms with E-state index in [-0.39, 0.29) is 5.97 Å². The van der Waals surface area contributed by atoms with Gasteiger partial charge >= 0.3 is 5.97 Å². The number of hydrogen-bond donors (Lipinski definition) is 1. The summed E-state index contributed by atoms with van der Waals surface area (Å²) < 4.78 is 7.04. The third-order valence-electron chi connectivity index (χ3n) is 5.01. The predicted molar refractivity (Wildman–Crippen MR) is 120 cm³/mol. The van der Waals surface area contributed by atoms with E-state index in [9.17, 15) is 15.2 Å². The first-order valence-corrected chi connectivity index (χ1v) is 10.3. The number of esters is 1. The molecule has 0 saturated carbocycles. The maximum absolute atomic E-state index is 12.2. The number of hydrogen-bond acceptors (Lipinski definition) is 6. The Hall–Kier alpha value is -3.81. The highest BCUT2D eigenvalue weighted by Gasteiger charge is 2.37. The summed E-state index contributed by atoms with van der Waals surface area (Å²) in [5, 5.41) is 23.8. The molecule has 1 aliphatic rings. The van der Waals surface area contributed by atoms with Crippen molar-refractivity contribution in [2.45, 2.75) is 38.9 Å². The minimum atomic E-state index is -0.710. The van der Waals surface area contributed by atoms with E-state index in [1.807, 2.05) is 37.9 Å². The fraction of sp³-hybridized carbons (Fsp3) is 0.320. The maximum Gasteiger partial charge on any atom is 0.338 e. The van der Waals surface area contributed by atoms with Crippen molar-refractivity contribution < 1.29 is 14.6 Å². The van der Waals surface area contributed by atoms with Gasteiger partial charge in [-0.1, -0.05) is 11.8 Å². The van der Waals surface area contributed by atoms with Crippen molar-refractivity contribution >= 4 is 17.2 Å². The number of carbonyl (C=O) groups excluding carboxylic acids is 1. The van der Waals surface area contributed by atoms with Crippen molar-refractivity contribution in [3.05, 3.63) is 65.0 Å². The number of β-amino-alcohol motifs (C(OH)–C–C–N with tert-alkyl or cyclic N) is 1. The predicted octanol–water partition coefficient (Wildman–Crippen LogP) is 3.13. The summed E-state index contributed by atoms with van der Waals surface area (Å²) in [6.45, 7) is 8.31. The summed E-state index contributed by atoms with van der Waals surface area (Å²) in [6.07, 6.45) is 3.36. The Labute approximate surface area is 186 Å². The molecule has 1 fully saturated rings. The number of fused-ring (bicyclic) bond motifs is 1. The minimum Gasteiger partial charge on any atom is -0.456 e. The van der Waals surface area contributed by atoms with Crippen LogP contribution in [0.3, 0.4) is 0 Å². The number of anilines is 1. The van der Waals surface area contributed by atoms with Crippen LogP contribution >= 0.6 is 0 Å². The van der Waals surface area contributed by atoms with Crippen molar-refractivity contribution in [2.24, 2.45) is 0 Å². The number of carbonyl (C=O) groups is 1. The van der Waals surface area contributed by atoms with Gasteiger partial charge in [-0.3, -0.25) is 0 Å². The Morgan fingerprint density at radius 2 is 1.88 bits per heavy atom. The van der Waals surface area contributed by atoms with Crippen LogP contribution in [-0.2, 0) is 4.74 Å². The van der Waals surface area contributed by atoms with Crippen LogP contribution in [0.2, 0.25) is 0 Å². The SMILES string of the molecule is CC1(O)CN(c2cc(C#Cc3ccc(C(=O)OC(C)(C)C)cc3)c3c(C#N)cnn3c2)C1. The van der Waals surface area contributed by atoms with E-state index in [4.69, 9.17) is 4.74 Å². The molecule has 0 bridgehead atoms. The zero-order valence-electron chi connectivity index (χ0n) is 18.5. The second-order valence-corrected chi connectivity index (χ2v) is 9.26. The number of pyridine rings is 1. The Kier molecular flexibility index (Phi) is 5.16. The summed E-state index contributed by atoms with van der Waals surface area (Å²) in [4.78, 5) is 14.2. The van der Waals surface area contributed by atoms with E-state index in [1.54, 1.807) is 35.7 Å². The zero-order chi connectivity index (χ0) is 23.1. The molecule has 0 unspecified atom stereocenters. The molecular formula is C25H24N4O3. The molecule has 2 aromatic heterocycles. The second kappa shape index (κ2) is 7.71. The van der Waals surface area contributed by atoms with Gasteiger partial charge in [-0.25, -0.2) is 9.31 Å². The molecule has 3 heterocycles. The molecule has 0 amide bonds. The molecule has 0 atom stereocenters. The minimum absolute atomic E-state index is 0.380. The first kappa shape index (κ1) is 21.4. The van der Waals surface area contributed by atoms with Gasteiger partial charge in [-0.15, -0.1) is 0 Å². The van der Waals surface area contributed by atoms with E-state index >= 15 is 0 Å². The molecule has 0 radical (unpaired) electrons. The molecule has 0 spiro atoms. The van der Waals surface area contributed by atoms with Crippen LogP contribution in [0.25, 0.3) is 5.52 Å². The summed E-state index contributed by atoms with van der Waals surface area (Å²) in [5.41, 5.74) is 2.55. The molecule has 7 nitrogen and oxygen atoms in total. The average molecular weight is 428 g/mol. The largest absolute Gasteiger partial charge is 0.456 e. The average Bonchev–Trinajstić information content (AvgIpc) is 3.12. The highest BCUT2D eigenvalue weighted by Crippen LogP contribution is 2.29. The van der Waals surface area contributed by atoms with Gasteiger partial charge < -0.3 is 14.7 Å². The standard InChI is InChI=1S/C25H24N4O3/c1-24(2,3)32-23(30)18-8-5-17(6-9-18)7-10-19-11-21(28-15-25(4,31)16-28)14-29-22(19)20(12-26)13-27-29/h5-6,8-9,11,13-14,31H,15-16H2,1-4H3. The number of aliphatic hydroxyl groups is 1.